The van der Waals surface area contributed by atoms with Crippen molar-refractivity contribution in [3.8, 4) is 0 Å². The van der Waals surface area contributed by atoms with E-state index in [4.69, 9.17) is 4.42 Å². The number of rotatable bonds is 7. The predicted octanol–water partition coefficient (Wildman–Crippen LogP) is 7.08. The predicted molar refractivity (Wildman–Crippen MR) is 126 cm³/mol. The average molecular weight is 486 g/mol. The van der Waals surface area contributed by atoms with Crippen molar-refractivity contribution in [3.63, 3.8) is 0 Å². The first-order valence-electron chi connectivity index (χ1n) is 10.6. The molecule has 176 valence electrons. The summed E-state index contributed by atoms with van der Waals surface area (Å²) in [5.74, 6) is 0.324. The summed E-state index contributed by atoms with van der Waals surface area (Å²) in [5, 5.41) is 6.82. The van der Waals surface area contributed by atoms with Crippen molar-refractivity contribution in [2.75, 3.05) is 10.6 Å². The molecule has 0 aliphatic heterocycles. The van der Waals surface area contributed by atoms with Crippen LogP contribution in [0.2, 0.25) is 0 Å². The fourth-order valence-corrected chi connectivity index (χ4v) is 4.52. The fourth-order valence-electron chi connectivity index (χ4n) is 3.49. The minimum Gasteiger partial charge on any atom is -0.459 e. The van der Waals surface area contributed by atoms with E-state index < -0.39 is 23.7 Å². The van der Waals surface area contributed by atoms with E-state index in [1.165, 1.54) is 29.7 Å². The van der Waals surface area contributed by atoms with Gasteiger partial charge in [-0.25, -0.2) is 4.98 Å². The van der Waals surface area contributed by atoms with Gasteiger partial charge in [0.05, 0.1) is 17.9 Å². The number of nitrogens with zero attached hydrogens (tertiary/aromatic N) is 1. The van der Waals surface area contributed by atoms with Crippen LogP contribution in [0.25, 0.3) is 0 Å². The summed E-state index contributed by atoms with van der Waals surface area (Å²) >= 11 is 1.42. The molecule has 1 amide bonds. The zero-order valence-electron chi connectivity index (χ0n) is 18.4. The smallest absolute Gasteiger partial charge is 0.416 e. The maximum Gasteiger partial charge on any atom is 0.416 e. The number of furan rings is 1. The van der Waals surface area contributed by atoms with Gasteiger partial charge in [0, 0.05) is 16.1 Å². The van der Waals surface area contributed by atoms with Gasteiger partial charge in [0.1, 0.15) is 10.8 Å². The highest BCUT2D eigenvalue weighted by molar-refractivity contribution is 7.16. The molecule has 4 rings (SSSR count). The molecule has 0 aliphatic rings. The Morgan fingerprint density at radius 1 is 1.12 bits per heavy atom. The number of hydrogen-bond acceptors (Lipinski definition) is 5. The molecule has 4 aromatic rings. The quantitative estimate of drug-likeness (QED) is 0.294. The lowest BCUT2D eigenvalue weighted by Gasteiger charge is -2.22. The highest BCUT2D eigenvalue weighted by atomic mass is 32.1. The van der Waals surface area contributed by atoms with E-state index >= 15 is 0 Å². The fraction of sp³-hybridized carbons (Fsp3) is 0.200. The van der Waals surface area contributed by atoms with Crippen molar-refractivity contribution in [2.24, 2.45) is 0 Å². The van der Waals surface area contributed by atoms with Crippen LogP contribution in [0.4, 0.5) is 24.0 Å². The Kier molecular flexibility index (Phi) is 6.74. The highest BCUT2D eigenvalue weighted by Crippen LogP contribution is 2.39. The highest BCUT2D eigenvalue weighted by Gasteiger charge is 2.31. The third-order valence-corrected chi connectivity index (χ3v) is 6.41. The molecule has 3 aromatic heterocycles. The Bertz CT molecular complexity index is 1270. The van der Waals surface area contributed by atoms with Crippen LogP contribution in [0.3, 0.4) is 0 Å². The van der Waals surface area contributed by atoms with Crippen LogP contribution < -0.4 is 10.6 Å². The van der Waals surface area contributed by atoms with E-state index in [9.17, 15) is 18.0 Å². The Hall–Kier alpha value is -3.59. The maximum atomic E-state index is 13.1. The van der Waals surface area contributed by atoms with Crippen LogP contribution in [-0.2, 0) is 12.6 Å². The zero-order chi connectivity index (χ0) is 24.3. The second-order valence-electron chi connectivity index (χ2n) is 7.64. The third-order valence-electron chi connectivity index (χ3n) is 5.20. The van der Waals surface area contributed by atoms with Crippen LogP contribution in [0.15, 0.2) is 71.3 Å². The number of hydrogen-bond donors (Lipinski definition) is 2. The minimum absolute atomic E-state index is 0.164. The third kappa shape index (κ3) is 5.31. The van der Waals surface area contributed by atoms with E-state index in [0.717, 1.165) is 34.7 Å². The largest absolute Gasteiger partial charge is 0.459 e. The molecule has 1 atom stereocenters. The summed E-state index contributed by atoms with van der Waals surface area (Å²) in [6.45, 7) is 3.85. The molecule has 9 heteroatoms. The molecular formula is C25H22F3N3O2S. The van der Waals surface area contributed by atoms with Crippen LogP contribution in [0.1, 0.15) is 50.8 Å². The minimum atomic E-state index is -4.43. The first-order chi connectivity index (χ1) is 16.2. The van der Waals surface area contributed by atoms with E-state index in [1.54, 1.807) is 18.2 Å². The maximum absolute atomic E-state index is 13.1. The standard InChI is InChI=1S/C25H22F3N3O2S/c1-3-18-14-19(24(34-18)31-23(32)20-7-5-13-33-20)22(30-21-8-4-6-15(2)29-21)16-9-11-17(12-10-16)25(26,27)28/h4-14,22H,3H2,1-2H3,(H,29,30)(H,31,32)/t22-/m1/s1. The lowest BCUT2D eigenvalue weighted by atomic mass is 9.98. The Labute approximate surface area is 198 Å². The van der Waals surface area contributed by atoms with Gasteiger partial charge in [0.25, 0.3) is 5.91 Å². The SMILES string of the molecule is CCc1cc([C@H](Nc2cccc(C)n2)c2ccc(C(F)(F)F)cc2)c(NC(=O)c2ccco2)s1. The number of aromatic nitrogens is 1. The number of halogens is 3. The number of benzene rings is 1. The molecule has 5 nitrogen and oxygen atoms in total. The summed E-state index contributed by atoms with van der Waals surface area (Å²) in [6, 6.07) is 15.1. The summed E-state index contributed by atoms with van der Waals surface area (Å²) in [6.07, 6.45) is -2.28. The van der Waals surface area contributed by atoms with Gasteiger partial charge < -0.3 is 15.1 Å². The molecular weight excluding hydrogens is 463 g/mol. The number of alkyl halides is 3. The number of nitrogens with one attached hydrogen (secondary N) is 2. The van der Waals surface area contributed by atoms with E-state index in [2.05, 4.69) is 15.6 Å². The topological polar surface area (TPSA) is 67.2 Å². The molecule has 34 heavy (non-hydrogen) atoms. The van der Waals surface area contributed by atoms with Crippen molar-refractivity contribution >= 4 is 28.1 Å². The molecule has 0 bridgehead atoms. The van der Waals surface area contributed by atoms with Gasteiger partial charge in [0.15, 0.2) is 5.76 Å². The molecule has 0 unspecified atom stereocenters. The lowest BCUT2D eigenvalue weighted by Crippen LogP contribution is -2.17. The Morgan fingerprint density at radius 2 is 1.88 bits per heavy atom. The molecule has 0 aliphatic carbocycles. The van der Waals surface area contributed by atoms with Gasteiger partial charge in [-0.05, 0) is 61.4 Å². The van der Waals surface area contributed by atoms with Crippen molar-refractivity contribution < 1.29 is 22.4 Å². The van der Waals surface area contributed by atoms with Crippen molar-refractivity contribution in [1.82, 2.24) is 4.98 Å². The van der Waals surface area contributed by atoms with Crippen molar-refractivity contribution in [3.05, 3.63) is 99.9 Å². The van der Waals surface area contributed by atoms with Gasteiger partial charge in [0.2, 0.25) is 0 Å². The monoisotopic (exact) mass is 485 g/mol. The summed E-state index contributed by atoms with van der Waals surface area (Å²) in [4.78, 5) is 18.2. The number of anilines is 2. The Morgan fingerprint density at radius 3 is 2.50 bits per heavy atom. The van der Waals surface area contributed by atoms with Crippen molar-refractivity contribution in [2.45, 2.75) is 32.5 Å². The molecule has 0 spiro atoms. The Balaban J connectivity index is 1.76. The normalized spacial score (nSPS) is 12.4. The first-order valence-corrected chi connectivity index (χ1v) is 11.4. The number of thiophene rings is 1. The molecule has 0 saturated heterocycles. The van der Waals surface area contributed by atoms with Crippen LogP contribution in [-0.4, -0.2) is 10.9 Å². The molecule has 0 radical (unpaired) electrons. The molecule has 1 aromatic carbocycles. The molecule has 0 fully saturated rings. The first kappa shape index (κ1) is 23.6. The number of carbonyl (C=O) groups excluding carboxylic acids is 1. The second kappa shape index (κ2) is 9.72. The van der Waals surface area contributed by atoms with Gasteiger partial charge in [-0.15, -0.1) is 11.3 Å². The number of aryl methyl sites for hydroxylation is 2. The summed E-state index contributed by atoms with van der Waals surface area (Å²) in [5.41, 5.74) is 1.40. The number of amides is 1. The van der Waals surface area contributed by atoms with E-state index in [1.807, 2.05) is 32.0 Å². The number of carbonyl (C=O) groups is 1. The number of pyridine rings is 1. The second-order valence-corrected chi connectivity index (χ2v) is 8.78. The van der Waals surface area contributed by atoms with Gasteiger partial charge in [-0.2, -0.15) is 13.2 Å². The summed E-state index contributed by atoms with van der Waals surface area (Å²) < 4.78 is 44.6. The molecule has 3 heterocycles. The van der Waals surface area contributed by atoms with Crippen LogP contribution in [0, 0.1) is 6.92 Å². The average Bonchev–Trinajstić information content (AvgIpc) is 3.47. The van der Waals surface area contributed by atoms with Gasteiger partial charge >= 0.3 is 6.18 Å². The van der Waals surface area contributed by atoms with E-state index in [0.29, 0.717) is 16.4 Å². The lowest BCUT2D eigenvalue weighted by molar-refractivity contribution is -0.137. The van der Waals surface area contributed by atoms with Crippen LogP contribution in [0.5, 0.6) is 0 Å². The summed E-state index contributed by atoms with van der Waals surface area (Å²) in [7, 11) is 0. The van der Waals surface area contributed by atoms with Crippen molar-refractivity contribution in [1.29, 1.82) is 0 Å². The van der Waals surface area contributed by atoms with E-state index in [-0.39, 0.29) is 5.76 Å². The van der Waals surface area contributed by atoms with Gasteiger partial charge in [-0.1, -0.05) is 25.1 Å². The molecule has 0 saturated carbocycles. The van der Waals surface area contributed by atoms with Crippen LogP contribution >= 0.6 is 11.3 Å². The zero-order valence-corrected chi connectivity index (χ0v) is 19.3. The molecule has 2 N–H and O–H groups in total. The van der Waals surface area contributed by atoms with Gasteiger partial charge in [-0.3, -0.25) is 4.79 Å².